The molecule has 0 radical (unpaired) electrons. The molecule has 0 heterocycles. The first kappa shape index (κ1) is 7.70. The lowest BCUT2D eigenvalue weighted by atomic mass is 10.00. The second-order valence-electron chi connectivity index (χ2n) is 2.52. The molecule has 0 fully saturated rings. The Morgan fingerprint density at radius 1 is 1.38 bits per heavy atom. The van der Waals surface area contributed by atoms with Crippen LogP contribution in [0.25, 0.3) is 0 Å². The molecular weight excluding hydrogens is 98.1 g/mol. The van der Waals surface area contributed by atoms with Crippen molar-refractivity contribution >= 4 is 0 Å². The highest BCUT2D eigenvalue weighted by Crippen LogP contribution is 2.08. The molecule has 0 saturated carbocycles. The molecule has 0 spiro atoms. The Morgan fingerprint density at radius 2 is 1.75 bits per heavy atom. The molecule has 8 heavy (non-hydrogen) atoms. The van der Waals surface area contributed by atoms with E-state index in [2.05, 4.69) is 20.4 Å². The maximum absolute atomic E-state index is 5.54. The van der Waals surface area contributed by atoms with Gasteiger partial charge in [-0.05, 0) is 12.8 Å². The second-order valence-corrected chi connectivity index (χ2v) is 2.52. The van der Waals surface area contributed by atoms with E-state index in [0.29, 0.717) is 5.92 Å². The van der Waals surface area contributed by atoms with Crippen molar-refractivity contribution in [2.24, 2.45) is 11.7 Å². The molecule has 0 unspecified atom stereocenters. The lowest BCUT2D eigenvalue weighted by Crippen LogP contribution is -2.20. The van der Waals surface area contributed by atoms with Crippen molar-refractivity contribution in [3.05, 3.63) is 12.2 Å². The predicted octanol–water partition coefficient (Wildman–Crippen LogP) is 1.55. The average Bonchev–Trinajstić information content (AvgIpc) is 1.64. The molecule has 0 aromatic rings. The summed E-state index contributed by atoms with van der Waals surface area (Å²) in [6.45, 7) is 10.00. The molecule has 0 aromatic carbocycles. The summed E-state index contributed by atoms with van der Waals surface area (Å²) in [4.78, 5) is 0. The second kappa shape index (κ2) is 2.88. The number of rotatable bonds is 2. The van der Waals surface area contributed by atoms with Crippen molar-refractivity contribution in [3.63, 3.8) is 0 Å². The molecule has 1 nitrogen and oxygen atoms in total. The van der Waals surface area contributed by atoms with Gasteiger partial charge in [0.2, 0.25) is 0 Å². The fourth-order valence-corrected chi connectivity index (χ4v) is 0.526. The van der Waals surface area contributed by atoms with Crippen molar-refractivity contribution in [1.29, 1.82) is 0 Å². The maximum Gasteiger partial charge on any atom is 0.0224 e. The minimum absolute atomic E-state index is 0.148. The summed E-state index contributed by atoms with van der Waals surface area (Å²) in [7, 11) is 0. The van der Waals surface area contributed by atoms with Crippen LogP contribution in [0.1, 0.15) is 20.8 Å². The molecule has 0 amide bonds. The normalized spacial score (nSPS) is 14.1. The zero-order valence-corrected chi connectivity index (χ0v) is 5.94. The van der Waals surface area contributed by atoms with E-state index < -0.39 is 0 Å². The van der Waals surface area contributed by atoms with Crippen LogP contribution in [0.2, 0.25) is 0 Å². The minimum Gasteiger partial charge on any atom is -0.324 e. The van der Waals surface area contributed by atoms with E-state index >= 15 is 0 Å². The summed E-state index contributed by atoms with van der Waals surface area (Å²) < 4.78 is 0. The van der Waals surface area contributed by atoms with E-state index in [9.17, 15) is 0 Å². The molecular formula is C7H15N. The van der Waals surface area contributed by atoms with Gasteiger partial charge < -0.3 is 5.73 Å². The lowest BCUT2D eigenvalue weighted by Gasteiger charge is -2.11. The average molecular weight is 113 g/mol. The Bertz CT molecular complexity index is 72.4. The molecule has 0 bridgehead atoms. The van der Waals surface area contributed by atoms with Crippen LogP contribution >= 0.6 is 0 Å². The van der Waals surface area contributed by atoms with Gasteiger partial charge >= 0.3 is 0 Å². The fourth-order valence-electron chi connectivity index (χ4n) is 0.526. The lowest BCUT2D eigenvalue weighted by molar-refractivity contribution is 0.679. The Labute approximate surface area is 51.6 Å². The van der Waals surface area contributed by atoms with Crippen LogP contribution in [0.3, 0.4) is 0 Å². The van der Waals surface area contributed by atoms with E-state index in [0.717, 1.165) is 5.57 Å². The van der Waals surface area contributed by atoms with Crippen molar-refractivity contribution in [1.82, 2.24) is 0 Å². The maximum atomic E-state index is 5.54. The van der Waals surface area contributed by atoms with Crippen LogP contribution < -0.4 is 5.73 Å². The molecule has 0 aliphatic heterocycles. The van der Waals surface area contributed by atoms with Gasteiger partial charge in [-0.2, -0.15) is 0 Å². The minimum atomic E-state index is 0.148. The van der Waals surface area contributed by atoms with Crippen LogP contribution in [0.15, 0.2) is 12.2 Å². The van der Waals surface area contributed by atoms with Gasteiger partial charge in [-0.15, -0.1) is 0 Å². The largest absolute Gasteiger partial charge is 0.324 e. The van der Waals surface area contributed by atoms with Crippen LogP contribution in [0, 0.1) is 5.92 Å². The summed E-state index contributed by atoms with van der Waals surface area (Å²) in [5.74, 6) is 0.523. The molecule has 0 aromatic heterocycles. The van der Waals surface area contributed by atoms with Gasteiger partial charge in [0.1, 0.15) is 0 Å². The molecule has 2 N–H and O–H groups in total. The summed E-state index contributed by atoms with van der Waals surface area (Å²) in [6, 6.07) is 0.148. The van der Waals surface area contributed by atoms with Crippen molar-refractivity contribution in [3.8, 4) is 0 Å². The highest BCUT2D eigenvalue weighted by atomic mass is 14.6. The zero-order valence-electron chi connectivity index (χ0n) is 5.94. The van der Waals surface area contributed by atoms with E-state index in [1.807, 2.05) is 6.92 Å². The molecule has 0 saturated heterocycles. The smallest absolute Gasteiger partial charge is 0.0224 e. The SMILES string of the molecule is C=C(C(C)C)[C@H](C)N. The van der Waals surface area contributed by atoms with Gasteiger partial charge in [0, 0.05) is 6.04 Å². The van der Waals surface area contributed by atoms with Gasteiger partial charge in [0.15, 0.2) is 0 Å². The third-order valence-electron chi connectivity index (χ3n) is 1.33. The quantitative estimate of drug-likeness (QED) is 0.540. The molecule has 0 aliphatic carbocycles. The first-order chi connectivity index (χ1) is 3.55. The Hall–Kier alpha value is -0.300. The summed E-state index contributed by atoms with van der Waals surface area (Å²) in [6.07, 6.45) is 0. The van der Waals surface area contributed by atoms with Crippen molar-refractivity contribution in [2.75, 3.05) is 0 Å². The monoisotopic (exact) mass is 113 g/mol. The Balaban J connectivity index is 3.65. The van der Waals surface area contributed by atoms with Gasteiger partial charge in [0.25, 0.3) is 0 Å². The van der Waals surface area contributed by atoms with Gasteiger partial charge in [0.05, 0.1) is 0 Å². The van der Waals surface area contributed by atoms with Gasteiger partial charge in [-0.25, -0.2) is 0 Å². The summed E-state index contributed by atoms with van der Waals surface area (Å²) >= 11 is 0. The highest BCUT2D eigenvalue weighted by Gasteiger charge is 2.02. The van der Waals surface area contributed by atoms with E-state index in [4.69, 9.17) is 5.73 Å². The first-order valence-electron chi connectivity index (χ1n) is 3.00. The van der Waals surface area contributed by atoms with E-state index in [1.54, 1.807) is 0 Å². The Kier molecular flexibility index (Phi) is 2.77. The first-order valence-corrected chi connectivity index (χ1v) is 3.00. The van der Waals surface area contributed by atoms with Crippen LogP contribution in [-0.4, -0.2) is 6.04 Å². The summed E-state index contributed by atoms with van der Waals surface area (Å²) in [5.41, 5.74) is 6.67. The van der Waals surface area contributed by atoms with Crippen molar-refractivity contribution < 1.29 is 0 Å². The number of hydrogen-bond acceptors (Lipinski definition) is 1. The van der Waals surface area contributed by atoms with Crippen LogP contribution in [0.4, 0.5) is 0 Å². The van der Waals surface area contributed by atoms with E-state index in [-0.39, 0.29) is 6.04 Å². The molecule has 1 atom stereocenters. The fraction of sp³-hybridized carbons (Fsp3) is 0.714. The van der Waals surface area contributed by atoms with E-state index in [1.165, 1.54) is 0 Å². The standard InChI is InChI=1S/C7H15N/c1-5(2)6(3)7(4)8/h5,7H,3,8H2,1-2,4H3/t7-/m0/s1. The number of nitrogens with two attached hydrogens (primary N) is 1. The van der Waals surface area contributed by atoms with Crippen LogP contribution in [-0.2, 0) is 0 Å². The predicted molar refractivity (Wildman–Crippen MR) is 37.6 cm³/mol. The third kappa shape index (κ3) is 2.12. The highest BCUT2D eigenvalue weighted by molar-refractivity contribution is 5.04. The molecule has 1 heteroatoms. The van der Waals surface area contributed by atoms with Crippen molar-refractivity contribution in [2.45, 2.75) is 26.8 Å². The Morgan fingerprint density at radius 3 is 1.75 bits per heavy atom. The topological polar surface area (TPSA) is 26.0 Å². The molecule has 48 valence electrons. The molecule has 0 aliphatic rings. The third-order valence-corrected chi connectivity index (χ3v) is 1.33. The van der Waals surface area contributed by atoms with Gasteiger partial charge in [-0.1, -0.05) is 26.0 Å². The summed E-state index contributed by atoms with van der Waals surface area (Å²) in [5, 5.41) is 0. The van der Waals surface area contributed by atoms with Crippen LogP contribution in [0.5, 0.6) is 0 Å². The molecule has 0 rings (SSSR count). The number of hydrogen-bond donors (Lipinski definition) is 1. The zero-order chi connectivity index (χ0) is 6.73. The van der Waals surface area contributed by atoms with Gasteiger partial charge in [-0.3, -0.25) is 0 Å².